The van der Waals surface area contributed by atoms with Crippen LogP contribution in [0.25, 0.3) is 31.6 Å². The number of rotatable bonds is 5. The number of hydrogen-bond donors (Lipinski definition) is 1. The number of nitrogens with one attached hydrogen (secondary N) is 1. The number of carbonyl (C=O) groups excluding carboxylic acids is 1. The van der Waals surface area contributed by atoms with E-state index in [1.165, 1.54) is 34.2 Å². The van der Waals surface area contributed by atoms with Crippen molar-refractivity contribution in [3.63, 3.8) is 0 Å². The van der Waals surface area contributed by atoms with Gasteiger partial charge in [-0.15, -0.1) is 11.3 Å². The van der Waals surface area contributed by atoms with Gasteiger partial charge in [0, 0.05) is 10.9 Å². The number of fused-ring (bicyclic) bond motifs is 2. The summed E-state index contributed by atoms with van der Waals surface area (Å²) in [7, 11) is 0. The molecule has 0 aliphatic carbocycles. The van der Waals surface area contributed by atoms with Gasteiger partial charge in [-0.05, 0) is 49.6 Å². The molecule has 0 spiro atoms. The molecule has 3 heterocycles. The van der Waals surface area contributed by atoms with E-state index in [9.17, 15) is 4.79 Å². The first-order chi connectivity index (χ1) is 15.5. The summed E-state index contributed by atoms with van der Waals surface area (Å²) in [5.41, 5.74) is 5.65. The van der Waals surface area contributed by atoms with E-state index in [1.807, 2.05) is 31.2 Å². The molecule has 0 fully saturated rings. The Balaban J connectivity index is 1.42. The van der Waals surface area contributed by atoms with E-state index >= 15 is 0 Å². The van der Waals surface area contributed by atoms with E-state index in [-0.39, 0.29) is 11.2 Å². The first-order valence-corrected chi connectivity index (χ1v) is 12.7. The van der Waals surface area contributed by atoms with E-state index in [4.69, 9.17) is 0 Å². The highest BCUT2D eigenvalue weighted by Crippen LogP contribution is 2.39. The first kappa shape index (κ1) is 21.1. The van der Waals surface area contributed by atoms with Crippen molar-refractivity contribution in [2.24, 2.45) is 0 Å². The van der Waals surface area contributed by atoms with Gasteiger partial charge in [-0.3, -0.25) is 4.79 Å². The summed E-state index contributed by atoms with van der Waals surface area (Å²) in [5, 5.41) is 7.18. The van der Waals surface area contributed by atoms with Gasteiger partial charge in [0.15, 0.2) is 5.13 Å². The second-order valence-corrected chi connectivity index (χ2v) is 10.8. The highest BCUT2D eigenvalue weighted by Gasteiger charge is 2.21. The van der Waals surface area contributed by atoms with E-state index in [1.54, 1.807) is 17.7 Å². The van der Waals surface area contributed by atoms with Gasteiger partial charge in [0.2, 0.25) is 5.91 Å². The molecule has 0 saturated carbocycles. The predicted molar refractivity (Wildman–Crippen MR) is 136 cm³/mol. The summed E-state index contributed by atoms with van der Waals surface area (Å²) in [6.45, 7) is 6.12. The number of aryl methyl sites for hydroxylation is 2. The van der Waals surface area contributed by atoms with Crippen molar-refractivity contribution in [3.05, 3.63) is 65.3 Å². The highest BCUT2D eigenvalue weighted by atomic mass is 32.2. The molecule has 2 aromatic carbocycles. The van der Waals surface area contributed by atoms with Gasteiger partial charge < -0.3 is 5.32 Å². The number of thiazole rings is 1. The van der Waals surface area contributed by atoms with Crippen molar-refractivity contribution in [2.75, 3.05) is 5.32 Å². The highest BCUT2D eigenvalue weighted by molar-refractivity contribution is 8.00. The van der Waals surface area contributed by atoms with Crippen molar-refractivity contribution in [1.82, 2.24) is 15.0 Å². The number of hydrogen-bond acceptors (Lipinski definition) is 7. The van der Waals surface area contributed by atoms with Crippen LogP contribution in [0.1, 0.15) is 18.1 Å². The molecule has 0 aliphatic heterocycles. The Hall–Kier alpha value is -2.81. The van der Waals surface area contributed by atoms with Gasteiger partial charge in [-0.25, -0.2) is 15.0 Å². The molecule has 1 unspecified atom stereocenters. The number of para-hydroxylation sites is 1. The number of carbonyl (C=O) groups is 1. The van der Waals surface area contributed by atoms with Crippen LogP contribution in [0, 0.1) is 13.8 Å². The van der Waals surface area contributed by atoms with Crippen LogP contribution in [0.2, 0.25) is 0 Å². The van der Waals surface area contributed by atoms with E-state index in [2.05, 4.69) is 57.7 Å². The second-order valence-electron chi connectivity index (χ2n) is 7.54. The molecule has 0 saturated heterocycles. The number of thiophene rings is 1. The maximum absolute atomic E-state index is 12.9. The minimum atomic E-state index is -0.340. The smallest absolute Gasteiger partial charge is 0.239 e. The van der Waals surface area contributed by atoms with Crippen molar-refractivity contribution in [2.45, 2.75) is 31.0 Å². The number of thioether (sulfide) groups is 1. The Morgan fingerprint density at radius 2 is 1.94 bits per heavy atom. The average Bonchev–Trinajstić information content (AvgIpc) is 3.40. The molecule has 3 aromatic heterocycles. The molecular formula is C24H20N4OS3. The van der Waals surface area contributed by atoms with Crippen molar-refractivity contribution in [1.29, 1.82) is 0 Å². The van der Waals surface area contributed by atoms with Crippen LogP contribution in [0.5, 0.6) is 0 Å². The fourth-order valence-corrected chi connectivity index (χ4v) is 6.19. The van der Waals surface area contributed by atoms with E-state index in [0.717, 1.165) is 36.6 Å². The minimum absolute atomic E-state index is 0.0937. The standard InChI is InChI=1S/C24H20N4OS3/c1-13-8-9-16(10-14(13)2)17-11-30-22-20(17)23(26-12-25-22)31-15(3)21(29)28-24-27-18-6-4-5-7-19(18)32-24/h4-12,15H,1-3H3,(H,27,28,29). The van der Waals surface area contributed by atoms with Gasteiger partial charge in [-0.1, -0.05) is 53.4 Å². The molecule has 5 aromatic rings. The Morgan fingerprint density at radius 3 is 2.75 bits per heavy atom. The van der Waals surface area contributed by atoms with E-state index in [0.29, 0.717) is 5.13 Å². The molecule has 1 N–H and O–H groups in total. The van der Waals surface area contributed by atoms with Crippen LogP contribution in [0.15, 0.2) is 59.2 Å². The van der Waals surface area contributed by atoms with Crippen LogP contribution in [-0.4, -0.2) is 26.1 Å². The second kappa shape index (κ2) is 8.61. The molecule has 0 radical (unpaired) electrons. The molecule has 1 amide bonds. The van der Waals surface area contributed by atoms with Gasteiger partial charge in [0.05, 0.1) is 20.9 Å². The third kappa shape index (κ3) is 4.01. The zero-order valence-corrected chi connectivity index (χ0v) is 20.2. The number of benzene rings is 2. The Kier molecular flexibility index (Phi) is 5.67. The lowest BCUT2D eigenvalue weighted by atomic mass is 10.0. The quantitative estimate of drug-likeness (QED) is 0.226. The molecule has 32 heavy (non-hydrogen) atoms. The lowest BCUT2D eigenvalue weighted by molar-refractivity contribution is -0.115. The summed E-state index contributed by atoms with van der Waals surface area (Å²) < 4.78 is 1.05. The normalized spacial score (nSPS) is 12.3. The fourth-order valence-electron chi connectivity index (χ4n) is 3.41. The van der Waals surface area contributed by atoms with Crippen LogP contribution in [0.3, 0.4) is 0 Å². The lowest BCUT2D eigenvalue weighted by Gasteiger charge is -2.11. The third-order valence-corrected chi connectivity index (χ3v) is 8.27. The minimum Gasteiger partial charge on any atom is -0.301 e. The maximum Gasteiger partial charge on any atom is 0.239 e. The summed E-state index contributed by atoms with van der Waals surface area (Å²) in [6.07, 6.45) is 1.57. The number of aromatic nitrogens is 3. The summed E-state index contributed by atoms with van der Waals surface area (Å²) in [5.74, 6) is -0.0937. The van der Waals surface area contributed by atoms with Gasteiger partial charge in [-0.2, -0.15) is 0 Å². The molecule has 8 heteroatoms. The zero-order chi connectivity index (χ0) is 22.2. The van der Waals surface area contributed by atoms with Crippen molar-refractivity contribution in [3.8, 4) is 11.1 Å². The summed E-state index contributed by atoms with van der Waals surface area (Å²) in [4.78, 5) is 27.3. The first-order valence-electron chi connectivity index (χ1n) is 10.1. The lowest BCUT2D eigenvalue weighted by Crippen LogP contribution is -2.22. The SMILES string of the molecule is Cc1ccc(-c2csc3ncnc(SC(C)C(=O)Nc4nc5ccccc5s4)c23)cc1C. The van der Waals surface area contributed by atoms with Gasteiger partial charge in [0.1, 0.15) is 16.2 Å². The van der Waals surface area contributed by atoms with Crippen LogP contribution < -0.4 is 5.32 Å². The number of anilines is 1. The Morgan fingerprint density at radius 1 is 1.09 bits per heavy atom. The van der Waals surface area contributed by atoms with Crippen LogP contribution in [-0.2, 0) is 4.79 Å². The summed E-state index contributed by atoms with van der Waals surface area (Å²) in [6, 6.07) is 14.3. The molecule has 5 nitrogen and oxygen atoms in total. The van der Waals surface area contributed by atoms with Gasteiger partial charge in [0.25, 0.3) is 0 Å². The average molecular weight is 477 g/mol. The molecule has 0 bridgehead atoms. The third-order valence-electron chi connectivity index (χ3n) is 5.34. The van der Waals surface area contributed by atoms with Crippen LogP contribution in [0.4, 0.5) is 5.13 Å². The van der Waals surface area contributed by atoms with Crippen molar-refractivity contribution < 1.29 is 4.79 Å². The Labute approximate surface area is 198 Å². The largest absolute Gasteiger partial charge is 0.301 e. The topological polar surface area (TPSA) is 67.8 Å². The molecule has 1 atom stereocenters. The molecule has 0 aliphatic rings. The maximum atomic E-state index is 12.9. The molecule has 160 valence electrons. The van der Waals surface area contributed by atoms with Gasteiger partial charge >= 0.3 is 0 Å². The molecular weight excluding hydrogens is 456 g/mol. The monoisotopic (exact) mass is 476 g/mol. The fraction of sp³-hybridized carbons (Fsp3) is 0.167. The Bertz CT molecular complexity index is 1420. The van der Waals surface area contributed by atoms with Crippen molar-refractivity contribution >= 4 is 65.9 Å². The van der Waals surface area contributed by atoms with Crippen LogP contribution >= 0.6 is 34.4 Å². The zero-order valence-electron chi connectivity index (χ0n) is 17.7. The summed E-state index contributed by atoms with van der Waals surface area (Å²) >= 11 is 4.53. The predicted octanol–water partition coefficient (Wildman–Crippen LogP) is 6.70. The van der Waals surface area contributed by atoms with E-state index < -0.39 is 0 Å². The number of amides is 1. The molecule has 5 rings (SSSR count). The number of nitrogens with zero attached hydrogens (tertiary/aromatic N) is 3.